The number of hydrogen-bond acceptors (Lipinski definition) is 1. The van der Waals surface area contributed by atoms with Crippen molar-refractivity contribution >= 4 is 37.6 Å². The molecule has 0 saturated carbocycles. The second-order valence-corrected chi connectivity index (χ2v) is 8.75. The molecule has 0 radical (unpaired) electrons. The minimum Gasteiger partial charge on any atom is -0.294 e. The third kappa shape index (κ3) is 4.55. The van der Waals surface area contributed by atoms with Gasteiger partial charge in [0.15, 0.2) is 5.78 Å². The van der Waals surface area contributed by atoms with Gasteiger partial charge in [-0.2, -0.15) is 0 Å². The SMILES string of the molecule is Fc1cc(Br)cc2c1C(F)(F)CCC2.O=C1CCC(F)(F)c2c(F)cc(Br)cc21. The van der Waals surface area contributed by atoms with Crippen LogP contribution in [0.4, 0.5) is 26.3 Å². The maximum Gasteiger partial charge on any atom is 0.277 e. The van der Waals surface area contributed by atoms with Crippen molar-refractivity contribution in [1.82, 2.24) is 0 Å². The summed E-state index contributed by atoms with van der Waals surface area (Å²) in [4.78, 5) is 11.4. The van der Waals surface area contributed by atoms with Crippen LogP contribution >= 0.6 is 31.9 Å². The number of aryl methyl sites for hydroxylation is 1. The van der Waals surface area contributed by atoms with Crippen molar-refractivity contribution in [3.63, 3.8) is 0 Å². The fraction of sp³-hybridized carbons (Fsp3) is 0.350. The molecule has 2 aliphatic rings. The molecular formula is C20H14Br2F6O. The molecule has 156 valence electrons. The van der Waals surface area contributed by atoms with Crippen LogP contribution in [0.15, 0.2) is 33.2 Å². The van der Waals surface area contributed by atoms with Crippen LogP contribution in [0.1, 0.15) is 52.7 Å². The summed E-state index contributed by atoms with van der Waals surface area (Å²) >= 11 is 6.06. The molecule has 4 rings (SSSR count). The van der Waals surface area contributed by atoms with Crippen molar-refractivity contribution in [1.29, 1.82) is 0 Å². The van der Waals surface area contributed by atoms with Crippen molar-refractivity contribution in [2.45, 2.75) is 43.9 Å². The van der Waals surface area contributed by atoms with Crippen LogP contribution in [0, 0.1) is 11.6 Å². The molecule has 0 fully saturated rings. The molecule has 0 heterocycles. The number of fused-ring (bicyclic) bond motifs is 2. The van der Waals surface area contributed by atoms with Crippen molar-refractivity contribution in [2.75, 3.05) is 0 Å². The highest BCUT2D eigenvalue weighted by Crippen LogP contribution is 2.43. The molecule has 2 aromatic rings. The van der Waals surface area contributed by atoms with Gasteiger partial charge in [-0.1, -0.05) is 31.9 Å². The lowest BCUT2D eigenvalue weighted by Gasteiger charge is -2.25. The summed E-state index contributed by atoms with van der Waals surface area (Å²) in [5.41, 5.74) is -0.958. The minimum absolute atomic E-state index is 0.210. The summed E-state index contributed by atoms with van der Waals surface area (Å²) < 4.78 is 80.9. The van der Waals surface area contributed by atoms with Crippen LogP contribution < -0.4 is 0 Å². The van der Waals surface area contributed by atoms with Gasteiger partial charge >= 0.3 is 0 Å². The topological polar surface area (TPSA) is 17.1 Å². The third-order valence-electron chi connectivity index (χ3n) is 4.83. The Kier molecular flexibility index (Phi) is 6.21. The summed E-state index contributed by atoms with van der Waals surface area (Å²) in [6.07, 6.45) is -0.164. The first kappa shape index (κ1) is 22.3. The van der Waals surface area contributed by atoms with Crippen LogP contribution in [0.5, 0.6) is 0 Å². The number of benzene rings is 2. The number of hydrogen-bond donors (Lipinski definition) is 0. The number of alkyl halides is 4. The van der Waals surface area contributed by atoms with Gasteiger partial charge in [0.25, 0.3) is 11.8 Å². The summed E-state index contributed by atoms with van der Waals surface area (Å²) in [6, 6.07) is 4.86. The monoisotopic (exact) mass is 542 g/mol. The van der Waals surface area contributed by atoms with Crippen LogP contribution in [0.25, 0.3) is 0 Å². The highest BCUT2D eigenvalue weighted by molar-refractivity contribution is 9.10. The Hall–Kier alpha value is -1.35. The van der Waals surface area contributed by atoms with E-state index in [0.29, 0.717) is 27.4 Å². The van der Waals surface area contributed by atoms with E-state index in [2.05, 4.69) is 31.9 Å². The van der Waals surface area contributed by atoms with E-state index in [-0.39, 0.29) is 18.4 Å². The summed E-state index contributed by atoms with van der Waals surface area (Å²) in [6.45, 7) is 0. The van der Waals surface area contributed by atoms with Gasteiger partial charge in [-0.3, -0.25) is 4.79 Å². The van der Waals surface area contributed by atoms with E-state index in [4.69, 9.17) is 0 Å². The third-order valence-corrected chi connectivity index (χ3v) is 5.74. The molecule has 0 bridgehead atoms. The number of carbonyl (C=O) groups is 1. The second kappa shape index (κ2) is 8.06. The van der Waals surface area contributed by atoms with E-state index < -0.39 is 46.8 Å². The molecule has 0 unspecified atom stereocenters. The molecule has 1 nitrogen and oxygen atoms in total. The van der Waals surface area contributed by atoms with E-state index in [1.54, 1.807) is 6.07 Å². The molecule has 0 amide bonds. The molecule has 0 N–H and O–H groups in total. The van der Waals surface area contributed by atoms with Gasteiger partial charge in [0, 0.05) is 33.8 Å². The highest BCUT2D eigenvalue weighted by atomic mass is 79.9. The van der Waals surface area contributed by atoms with E-state index in [9.17, 15) is 31.1 Å². The maximum absolute atomic E-state index is 13.4. The average Bonchev–Trinajstić information content (AvgIpc) is 2.57. The van der Waals surface area contributed by atoms with Gasteiger partial charge in [-0.15, -0.1) is 0 Å². The molecule has 0 spiro atoms. The molecular weight excluding hydrogens is 530 g/mol. The van der Waals surface area contributed by atoms with Crippen molar-refractivity contribution < 1.29 is 31.1 Å². The summed E-state index contributed by atoms with van der Waals surface area (Å²) in [7, 11) is 0. The molecule has 29 heavy (non-hydrogen) atoms. The van der Waals surface area contributed by atoms with Gasteiger partial charge in [0.1, 0.15) is 11.6 Å². The zero-order valence-electron chi connectivity index (χ0n) is 14.8. The summed E-state index contributed by atoms with van der Waals surface area (Å²) in [5, 5.41) is 0. The Morgan fingerprint density at radius 3 is 1.97 bits per heavy atom. The lowest BCUT2D eigenvalue weighted by Crippen LogP contribution is -2.26. The van der Waals surface area contributed by atoms with E-state index in [1.807, 2.05) is 0 Å². The standard InChI is InChI=1S/C10H6BrF3O.C10H8BrF3/c11-5-3-6-8(15)1-2-10(13,14)9(6)7(12)4-5;11-7-4-6-2-1-3-10(13,14)9(6)8(12)5-7/h3-4H,1-2H2;4-5H,1-3H2. The number of Topliss-reactive ketones (excluding diaryl/α,β-unsaturated/α-hetero) is 1. The van der Waals surface area contributed by atoms with Crippen LogP contribution in [0.3, 0.4) is 0 Å². The Balaban J connectivity index is 0.000000166. The lowest BCUT2D eigenvalue weighted by atomic mass is 9.87. The first-order valence-electron chi connectivity index (χ1n) is 8.69. The number of carbonyl (C=O) groups excluding carboxylic acids is 1. The molecule has 0 saturated heterocycles. The Morgan fingerprint density at radius 1 is 0.759 bits per heavy atom. The van der Waals surface area contributed by atoms with Crippen LogP contribution in [0.2, 0.25) is 0 Å². The molecule has 9 heteroatoms. The fourth-order valence-corrected chi connectivity index (χ4v) is 4.46. The van der Waals surface area contributed by atoms with E-state index >= 15 is 0 Å². The smallest absolute Gasteiger partial charge is 0.277 e. The molecule has 0 aliphatic heterocycles. The first-order valence-corrected chi connectivity index (χ1v) is 10.3. The molecule has 2 aliphatic carbocycles. The predicted octanol–water partition coefficient (Wildman–Crippen LogP) is 7.67. The average molecular weight is 544 g/mol. The van der Waals surface area contributed by atoms with Gasteiger partial charge in [-0.25, -0.2) is 26.3 Å². The molecule has 0 atom stereocenters. The zero-order chi connectivity index (χ0) is 21.6. The van der Waals surface area contributed by atoms with E-state index in [0.717, 1.165) is 12.1 Å². The van der Waals surface area contributed by atoms with Gasteiger partial charge in [0.2, 0.25) is 0 Å². The fourth-order valence-electron chi connectivity index (χ4n) is 3.55. The van der Waals surface area contributed by atoms with Gasteiger partial charge in [0.05, 0.1) is 11.1 Å². The van der Waals surface area contributed by atoms with E-state index in [1.165, 1.54) is 6.07 Å². The lowest BCUT2D eigenvalue weighted by molar-refractivity contribution is -0.0252. The largest absolute Gasteiger partial charge is 0.294 e. The van der Waals surface area contributed by atoms with Gasteiger partial charge < -0.3 is 0 Å². The first-order chi connectivity index (χ1) is 13.4. The maximum atomic E-state index is 13.4. The van der Waals surface area contributed by atoms with Crippen molar-refractivity contribution in [3.05, 3.63) is 67.1 Å². The number of rotatable bonds is 0. The molecule has 2 aromatic carbocycles. The van der Waals surface area contributed by atoms with Crippen molar-refractivity contribution in [3.8, 4) is 0 Å². The normalized spacial score (nSPS) is 19.0. The highest BCUT2D eigenvalue weighted by Gasteiger charge is 2.42. The quantitative estimate of drug-likeness (QED) is 0.311. The minimum atomic E-state index is -3.24. The van der Waals surface area contributed by atoms with Crippen LogP contribution in [-0.4, -0.2) is 5.78 Å². The zero-order valence-corrected chi connectivity index (χ0v) is 17.9. The summed E-state index contributed by atoms with van der Waals surface area (Å²) in [5.74, 6) is -8.51. The number of halogens is 8. The van der Waals surface area contributed by atoms with Crippen molar-refractivity contribution in [2.24, 2.45) is 0 Å². The van der Waals surface area contributed by atoms with Gasteiger partial charge in [-0.05, 0) is 42.7 Å². The predicted molar refractivity (Wildman–Crippen MR) is 102 cm³/mol. The molecule has 0 aromatic heterocycles. The Labute approximate surface area is 179 Å². The number of ketones is 1. The Morgan fingerprint density at radius 2 is 1.31 bits per heavy atom. The Bertz CT molecular complexity index is 974. The second-order valence-electron chi connectivity index (χ2n) is 6.92. The van der Waals surface area contributed by atoms with Crippen LogP contribution in [-0.2, 0) is 18.3 Å².